The fraction of sp³-hybridized carbons (Fsp3) is 0.222. The molecule has 0 radical (unpaired) electrons. The van der Waals surface area contributed by atoms with Crippen LogP contribution in [0.2, 0.25) is 0 Å². The number of ether oxygens (including phenoxy) is 1. The standard InChI is InChI=1S/C9H11O5S.Na/c1-8-2-4-9(5-3-8)13-6-7-14-15(10,11)12;/h2-5H,1,6-7H2,(H,10,11,12);/q-1;+1. The second kappa shape index (κ2) is 7.16. The minimum absolute atomic E-state index is 0. The molecule has 0 saturated heterocycles. The van der Waals surface area contributed by atoms with Crippen LogP contribution in [-0.4, -0.2) is 26.2 Å². The summed E-state index contributed by atoms with van der Waals surface area (Å²) in [5.74, 6) is 0.585. The van der Waals surface area contributed by atoms with E-state index in [9.17, 15) is 8.42 Å². The Morgan fingerprint density at radius 1 is 1.19 bits per heavy atom. The van der Waals surface area contributed by atoms with Crippen molar-refractivity contribution in [2.24, 2.45) is 0 Å². The molecule has 1 rings (SSSR count). The molecule has 0 saturated carbocycles. The SMILES string of the molecule is [CH2-]c1ccc(OCCOS(=O)(=O)O)cc1.[Na+]. The van der Waals surface area contributed by atoms with E-state index >= 15 is 0 Å². The van der Waals surface area contributed by atoms with Gasteiger partial charge < -0.3 is 4.74 Å². The van der Waals surface area contributed by atoms with Crippen molar-refractivity contribution in [3.05, 3.63) is 36.8 Å². The zero-order valence-electron chi connectivity index (χ0n) is 8.92. The van der Waals surface area contributed by atoms with Gasteiger partial charge in [0, 0.05) is 0 Å². The summed E-state index contributed by atoms with van der Waals surface area (Å²) in [5.41, 5.74) is 0.858. The first-order valence-corrected chi connectivity index (χ1v) is 5.50. The Kier molecular flexibility index (Phi) is 7.05. The summed E-state index contributed by atoms with van der Waals surface area (Å²) in [6.45, 7) is 3.50. The third-order valence-electron chi connectivity index (χ3n) is 1.51. The average Bonchev–Trinajstić information content (AvgIpc) is 2.14. The van der Waals surface area contributed by atoms with Crippen LogP contribution in [0, 0.1) is 6.92 Å². The van der Waals surface area contributed by atoms with Crippen molar-refractivity contribution in [2.75, 3.05) is 13.2 Å². The molecule has 7 heteroatoms. The van der Waals surface area contributed by atoms with Crippen molar-refractivity contribution in [3.8, 4) is 5.75 Å². The molecule has 0 aliphatic rings. The van der Waals surface area contributed by atoms with Gasteiger partial charge >= 0.3 is 40.0 Å². The van der Waals surface area contributed by atoms with Crippen molar-refractivity contribution in [1.82, 2.24) is 0 Å². The predicted octanol–water partition coefficient (Wildman–Crippen LogP) is -1.93. The van der Waals surface area contributed by atoms with Crippen molar-refractivity contribution in [1.29, 1.82) is 0 Å². The molecule has 5 nitrogen and oxygen atoms in total. The van der Waals surface area contributed by atoms with Crippen LogP contribution in [-0.2, 0) is 14.6 Å². The summed E-state index contributed by atoms with van der Waals surface area (Å²) in [4.78, 5) is 0. The van der Waals surface area contributed by atoms with Crippen LogP contribution in [0.1, 0.15) is 5.56 Å². The molecule has 0 atom stereocenters. The minimum Gasteiger partial charge on any atom is -0.493 e. The van der Waals surface area contributed by atoms with E-state index in [1.54, 1.807) is 24.3 Å². The molecule has 0 unspecified atom stereocenters. The fourth-order valence-corrected chi connectivity index (χ4v) is 1.16. The summed E-state index contributed by atoms with van der Waals surface area (Å²) in [6, 6.07) is 6.93. The van der Waals surface area contributed by atoms with Gasteiger partial charge in [-0.25, -0.2) is 4.18 Å². The second-order valence-electron chi connectivity index (χ2n) is 2.74. The van der Waals surface area contributed by atoms with Gasteiger partial charge in [0.15, 0.2) is 0 Å². The third kappa shape index (κ3) is 7.10. The first-order valence-electron chi connectivity index (χ1n) is 4.14. The Hall–Kier alpha value is -0.240. The van der Waals surface area contributed by atoms with Crippen LogP contribution >= 0.6 is 0 Å². The molecule has 0 aliphatic heterocycles. The molecule has 1 aromatic rings. The van der Waals surface area contributed by atoms with E-state index in [0.29, 0.717) is 5.75 Å². The predicted molar refractivity (Wildman–Crippen MR) is 53.9 cm³/mol. The molecule has 16 heavy (non-hydrogen) atoms. The molecule has 1 aromatic carbocycles. The maximum atomic E-state index is 10.2. The topological polar surface area (TPSA) is 72.8 Å². The minimum atomic E-state index is -4.38. The van der Waals surface area contributed by atoms with Crippen molar-refractivity contribution in [2.45, 2.75) is 0 Å². The van der Waals surface area contributed by atoms with Gasteiger partial charge in [0.05, 0.1) is 5.75 Å². The number of hydrogen-bond acceptors (Lipinski definition) is 4. The van der Waals surface area contributed by atoms with Gasteiger partial charge in [0.1, 0.15) is 13.2 Å². The van der Waals surface area contributed by atoms with E-state index in [-0.39, 0.29) is 42.8 Å². The summed E-state index contributed by atoms with van der Waals surface area (Å²) in [7, 11) is -4.38. The second-order valence-corrected chi connectivity index (χ2v) is 3.83. The quantitative estimate of drug-likeness (QED) is 0.287. The van der Waals surface area contributed by atoms with Crippen LogP contribution < -0.4 is 34.3 Å². The normalized spacial score (nSPS) is 10.6. The molecule has 0 amide bonds. The molecule has 0 spiro atoms. The molecule has 1 N–H and O–H groups in total. The van der Waals surface area contributed by atoms with Gasteiger partial charge in [0.25, 0.3) is 0 Å². The molecular formula is C9H11NaO5S. The van der Waals surface area contributed by atoms with Crippen LogP contribution in [0.5, 0.6) is 5.75 Å². The van der Waals surface area contributed by atoms with E-state index in [0.717, 1.165) is 5.56 Å². The summed E-state index contributed by atoms with van der Waals surface area (Å²) in [6.07, 6.45) is 0. The van der Waals surface area contributed by atoms with Gasteiger partial charge in [-0.05, 0) is 0 Å². The van der Waals surface area contributed by atoms with Crippen molar-refractivity contribution in [3.63, 3.8) is 0 Å². The zero-order chi connectivity index (χ0) is 11.3. The number of rotatable bonds is 5. The summed E-state index contributed by atoms with van der Waals surface area (Å²) >= 11 is 0. The van der Waals surface area contributed by atoms with Crippen molar-refractivity contribution >= 4 is 10.4 Å². The smallest absolute Gasteiger partial charge is 0.493 e. The van der Waals surface area contributed by atoms with Crippen LogP contribution in [0.3, 0.4) is 0 Å². The first kappa shape index (κ1) is 15.8. The number of hydrogen-bond donors (Lipinski definition) is 1. The third-order valence-corrected chi connectivity index (χ3v) is 1.97. The molecule has 0 fully saturated rings. The fourth-order valence-electron chi connectivity index (χ4n) is 0.885. The van der Waals surface area contributed by atoms with E-state index in [1.807, 2.05) is 0 Å². The Bertz CT molecular complexity index is 400. The van der Waals surface area contributed by atoms with Crippen LogP contribution in [0.15, 0.2) is 24.3 Å². The molecule has 0 heterocycles. The molecule has 84 valence electrons. The van der Waals surface area contributed by atoms with Gasteiger partial charge in [-0.2, -0.15) is 33.0 Å². The van der Waals surface area contributed by atoms with Gasteiger partial charge in [-0.1, -0.05) is 12.1 Å². The summed E-state index contributed by atoms with van der Waals surface area (Å²) in [5, 5.41) is 0. The van der Waals surface area contributed by atoms with Gasteiger partial charge in [-0.15, -0.1) is 0 Å². The van der Waals surface area contributed by atoms with Crippen molar-refractivity contribution < 1.29 is 51.4 Å². The molecular weight excluding hydrogens is 243 g/mol. The average molecular weight is 254 g/mol. The van der Waals surface area contributed by atoms with Crippen LogP contribution in [0.4, 0.5) is 0 Å². The Morgan fingerprint density at radius 2 is 1.75 bits per heavy atom. The monoisotopic (exact) mass is 254 g/mol. The zero-order valence-corrected chi connectivity index (χ0v) is 11.7. The number of benzene rings is 1. The largest absolute Gasteiger partial charge is 1.00 e. The first-order chi connectivity index (χ1) is 6.97. The van der Waals surface area contributed by atoms with Gasteiger partial charge in [0.2, 0.25) is 0 Å². The van der Waals surface area contributed by atoms with Gasteiger partial charge in [-0.3, -0.25) is 4.55 Å². The maximum absolute atomic E-state index is 10.2. The molecule has 0 aliphatic carbocycles. The maximum Gasteiger partial charge on any atom is 1.00 e. The van der Waals surface area contributed by atoms with E-state index in [1.165, 1.54) is 0 Å². The Morgan fingerprint density at radius 3 is 2.25 bits per heavy atom. The summed E-state index contributed by atoms with van der Waals surface area (Å²) < 4.78 is 37.7. The van der Waals surface area contributed by atoms with E-state index < -0.39 is 10.4 Å². The Balaban J connectivity index is 0.00000225. The molecule has 0 aromatic heterocycles. The molecule has 0 bridgehead atoms. The van der Waals surface area contributed by atoms with E-state index in [2.05, 4.69) is 11.1 Å². The Labute approximate surface area is 117 Å². The van der Waals surface area contributed by atoms with Crippen LogP contribution in [0.25, 0.3) is 0 Å². The van der Waals surface area contributed by atoms with E-state index in [4.69, 9.17) is 9.29 Å².